The van der Waals surface area contributed by atoms with Crippen LogP contribution in [0.1, 0.15) is 5.56 Å². The van der Waals surface area contributed by atoms with Crippen LogP contribution < -0.4 is 16.2 Å². The number of benzene rings is 1. The minimum absolute atomic E-state index is 0.251. The van der Waals surface area contributed by atoms with Crippen LogP contribution in [0.2, 0.25) is 0 Å². The monoisotopic (exact) mass is 246 g/mol. The number of halogens is 3. The van der Waals surface area contributed by atoms with Gasteiger partial charge >= 0.3 is 6.61 Å². The Morgan fingerprint density at radius 3 is 2.59 bits per heavy atom. The van der Waals surface area contributed by atoms with Gasteiger partial charge in [0.05, 0.1) is 6.21 Å². The maximum atomic E-state index is 13.2. The van der Waals surface area contributed by atoms with Gasteiger partial charge in [-0.15, -0.1) is 5.10 Å². The van der Waals surface area contributed by atoms with E-state index in [0.717, 1.165) is 18.3 Å². The van der Waals surface area contributed by atoms with Crippen molar-refractivity contribution in [1.82, 2.24) is 0 Å². The van der Waals surface area contributed by atoms with Gasteiger partial charge in [0.1, 0.15) is 0 Å². The van der Waals surface area contributed by atoms with Gasteiger partial charge in [0.25, 0.3) is 0 Å². The zero-order valence-corrected chi connectivity index (χ0v) is 8.48. The number of guanidine groups is 1. The second kappa shape index (κ2) is 5.73. The molecule has 0 radical (unpaired) electrons. The summed E-state index contributed by atoms with van der Waals surface area (Å²) in [5.41, 5.74) is 10.3. The van der Waals surface area contributed by atoms with Crippen LogP contribution in [0.25, 0.3) is 0 Å². The van der Waals surface area contributed by atoms with Crippen LogP contribution in [-0.2, 0) is 0 Å². The van der Waals surface area contributed by atoms with Gasteiger partial charge in [-0.25, -0.2) is 4.39 Å². The standard InChI is InChI=1S/C9H9F3N4O/c10-6-3-5(4-15-16-9(13)14)1-2-7(6)17-8(11)12/h1-4,8H,(H4,13,14,16). The van der Waals surface area contributed by atoms with Crippen LogP contribution in [0.15, 0.2) is 28.4 Å². The Morgan fingerprint density at radius 2 is 2.06 bits per heavy atom. The highest BCUT2D eigenvalue weighted by Gasteiger charge is 2.09. The van der Waals surface area contributed by atoms with Crippen molar-refractivity contribution in [2.45, 2.75) is 6.61 Å². The van der Waals surface area contributed by atoms with E-state index >= 15 is 0 Å². The molecule has 0 aliphatic rings. The summed E-state index contributed by atoms with van der Waals surface area (Å²) in [6.07, 6.45) is 1.16. The lowest BCUT2D eigenvalue weighted by Crippen LogP contribution is -2.21. The van der Waals surface area contributed by atoms with Gasteiger partial charge in [-0.05, 0) is 23.8 Å². The molecule has 0 unspecified atom stereocenters. The molecular formula is C9H9F3N4O. The second-order valence-corrected chi connectivity index (χ2v) is 2.84. The van der Waals surface area contributed by atoms with E-state index in [2.05, 4.69) is 14.9 Å². The molecule has 8 heteroatoms. The van der Waals surface area contributed by atoms with E-state index in [1.807, 2.05) is 0 Å². The van der Waals surface area contributed by atoms with Crippen molar-refractivity contribution in [3.63, 3.8) is 0 Å². The zero-order chi connectivity index (χ0) is 12.8. The van der Waals surface area contributed by atoms with Crippen molar-refractivity contribution >= 4 is 12.2 Å². The van der Waals surface area contributed by atoms with Crippen LogP contribution in [0.5, 0.6) is 5.75 Å². The number of hydrogen-bond donors (Lipinski definition) is 2. The topological polar surface area (TPSA) is 86.0 Å². The van der Waals surface area contributed by atoms with E-state index in [9.17, 15) is 13.2 Å². The number of rotatable bonds is 4. The highest BCUT2D eigenvalue weighted by Crippen LogP contribution is 2.19. The molecule has 0 fully saturated rings. The van der Waals surface area contributed by atoms with E-state index in [1.54, 1.807) is 0 Å². The predicted molar refractivity (Wildman–Crippen MR) is 56.4 cm³/mol. The molecule has 0 heterocycles. The fraction of sp³-hybridized carbons (Fsp3) is 0.111. The highest BCUT2D eigenvalue weighted by molar-refractivity contribution is 5.81. The minimum atomic E-state index is -3.08. The molecule has 0 bridgehead atoms. The van der Waals surface area contributed by atoms with Gasteiger partial charge in [-0.3, -0.25) is 0 Å². The summed E-state index contributed by atoms with van der Waals surface area (Å²) in [5, 5.41) is 6.72. The fourth-order valence-electron chi connectivity index (χ4n) is 0.951. The number of nitrogens with two attached hydrogens (primary N) is 2. The summed E-state index contributed by atoms with van der Waals surface area (Å²) in [6.45, 7) is -3.08. The van der Waals surface area contributed by atoms with Crippen molar-refractivity contribution in [2.75, 3.05) is 0 Å². The molecule has 0 amide bonds. The molecule has 0 aromatic heterocycles. The van der Waals surface area contributed by atoms with Gasteiger partial charge in [0, 0.05) is 0 Å². The third-order valence-electron chi connectivity index (χ3n) is 1.55. The zero-order valence-electron chi connectivity index (χ0n) is 8.48. The van der Waals surface area contributed by atoms with Gasteiger partial charge in [0.2, 0.25) is 5.96 Å². The van der Waals surface area contributed by atoms with Crippen LogP contribution in [0, 0.1) is 5.82 Å². The first kappa shape index (κ1) is 12.8. The van der Waals surface area contributed by atoms with Crippen molar-refractivity contribution < 1.29 is 17.9 Å². The van der Waals surface area contributed by atoms with Crippen molar-refractivity contribution in [3.8, 4) is 5.75 Å². The smallest absolute Gasteiger partial charge is 0.387 e. The molecule has 0 saturated carbocycles. The van der Waals surface area contributed by atoms with E-state index in [0.29, 0.717) is 5.56 Å². The Bertz CT molecular complexity index is 444. The Morgan fingerprint density at radius 1 is 1.35 bits per heavy atom. The minimum Gasteiger partial charge on any atom is -0.432 e. The Balaban J connectivity index is 2.82. The van der Waals surface area contributed by atoms with E-state index in [4.69, 9.17) is 11.5 Å². The first-order valence-corrected chi connectivity index (χ1v) is 4.35. The molecule has 0 aliphatic carbocycles. The van der Waals surface area contributed by atoms with E-state index in [1.165, 1.54) is 6.07 Å². The van der Waals surface area contributed by atoms with Gasteiger partial charge in [-0.2, -0.15) is 13.9 Å². The number of ether oxygens (including phenoxy) is 1. The highest BCUT2D eigenvalue weighted by atomic mass is 19.3. The molecule has 17 heavy (non-hydrogen) atoms. The Hall–Kier alpha value is -2.25. The normalized spacial score (nSPS) is 10.8. The maximum Gasteiger partial charge on any atom is 0.387 e. The van der Waals surface area contributed by atoms with E-state index in [-0.39, 0.29) is 5.96 Å². The molecule has 5 nitrogen and oxygen atoms in total. The van der Waals surface area contributed by atoms with Crippen molar-refractivity contribution in [3.05, 3.63) is 29.6 Å². The first-order chi connectivity index (χ1) is 7.99. The molecule has 0 aliphatic heterocycles. The van der Waals surface area contributed by atoms with E-state index < -0.39 is 18.2 Å². The summed E-state index contributed by atoms with van der Waals surface area (Å²) < 4.78 is 40.8. The summed E-state index contributed by atoms with van der Waals surface area (Å²) in [6, 6.07) is 3.34. The molecule has 4 N–H and O–H groups in total. The first-order valence-electron chi connectivity index (χ1n) is 4.35. The third kappa shape index (κ3) is 4.41. The molecule has 0 spiro atoms. The largest absolute Gasteiger partial charge is 0.432 e. The summed E-state index contributed by atoms with van der Waals surface area (Å²) >= 11 is 0. The van der Waals surface area contributed by atoms with Crippen LogP contribution in [0.3, 0.4) is 0 Å². The lowest BCUT2D eigenvalue weighted by molar-refractivity contribution is -0.0521. The number of nitrogens with zero attached hydrogens (tertiary/aromatic N) is 2. The molecular weight excluding hydrogens is 237 g/mol. The molecule has 1 aromatic carbocycles. The summed E-state index contributed by atoms with van der Waals surface area (Å²) in [7, 11) is 0. The average Bonchev–Trinajstić information content (AvgIpc) is 2.21. The second-order valence-electron chi connectivity index (χ2n) is 2.84. The Kier molecular flexibility index (Phi) is 4.32. The third-order valence-corrected chi connectivity index (χ3v) is 1.55. The SMILES string of the molecule is NC(N)=NN=Cc1ccc(OC(F)F)c(F)c1. The molecule has 0 saturated heterocycles. The quantitative estimate of drug-likeness (QED) is 0.472. The van der Waals surface area contributed by atoms with Gasteiger partial charge < -0.3 is 16.2 Å². The van der Waals surface area contributed by atoms with Crippen molar-refractivity contribution in [1.29, 1.82) is 0 Å². The lowest BCUT2D eigenvalue weighted by Gasteiger charge is -2.05. The molecule has 1 aromatic rings. The summed E-state index contributed by atoms with van der Waals surface area (Å²) in [4.78, 5) is 0. The van der Waals surface area contributed by atoms with Crippen LogP contribution in [-0.4, -0.2) is 18.8 Å². The fourth-order valence-corrected chi connectivity index (χ4v) is 0.951. The number of hydrogen-bond acceptors (Lipinski definition) is 3. The predicted octanol–water partition coefficient (Wildman–Crippen LogP) is 1.03. The Labute approximate surface area is 94.6 Å². The van der Waals surface area contributed by atoms with Gasteiger partial charge in [-0.1, -0.05) is 0 Å². The van der Waals surface area contributed by atoms with Crippen LogP contribution in [0.4, 0.5) is 13.2 Å². The van der Waals surface area contributed by atoms with Gasteiger partial charge in [0.15, 0.2) is 11.6 Å². The number of alkyl halides is 2. The van der Waals surface area contributed by atoms with Crippen molar-refractivity contribution in [2.24, 2.45) is 21.7 Å². The molecule has 92 valence electrons. The molecule has 0 atom stereocenters. The average molecular weight is 246 g/mol. The van der Waals surface area contributed by atoms with Crippen LogP contribution >= 0.6 is 0 Å². The summed E-state index contributed by atoms with van der Waals surface area (Å²) in [5.74, 6) is -1.72. The lowest BCUT2D eigenvalue weighted by atomic mass is 10.2. The maximum absolute atomic E-state index is 13.2. The molecule has 1 rings (SSSR count).